The number of carboxylic acid groups (broad SMARTS) is 1. The van der Waals surface area contributed by atoms with E-state index in [-0.39, 0.29) is 31.4 Å². The first-order chi connectivity index (χ1) is 20.7. The molecule has 43 heavy (non-hydrogen) atoms. The average Bonchev–Trinajstić information content (AvgIpc) is 3.50. The summed E-state index contributed by atoms with van der Waals surface area (Å²) in [5.74, 6) is -3.04. The molecule has 0 radical (unpaired) electrons. The highest BCUT2D eigenvalue weighted by atomic mass is 16.4. The molecule has 2 aromatic carbocycles. The highest BCUT2D eigenvalue weighted by Crippen LogP contribution is 2.12. The summed E-state index contributed by atoms with van der Waals surface area (Å²) in [5, 5.41) is 27.1. The van der Waals surface area contributed by atoms with E-state index in [9.17, 15) is 29.4 Å². The number of nitrogens with two attached hydrogens (primary N) is 2. The van der Waals surface area contributed by atoms with Crippen molar-refractivity contribution >= 4 is 23.7 Å². The fraction of sp³-hybridized carbons (Fsp3) is 0.367. The van der Waals surface area contributed by atoms with Gasteiger partial charge in [-0.25, -0.2) is 9.78 Å². The molecule has 4 atom stereocenters. The van der Waals surface area contributed by atoms with Crippen molar-refractivity contribution < 1.29 is 29.4 Å². The Morgan fingerprint density at radius 2 is 1.40 bits per heavy atom. The Kier molecular flexibility index (Phi) is 12.7. The minimum absolute atomic E-state index is 0.000911. The van der Waals surface area contributed by atoms with Gasteiger partial charge in [0, 0.05) is 24.7 Å². The third kappa shape index (κ3) is 10.9. The molecule has 0 saturated carbocycles. The molecule has 13 nitrogen and oxygen atoms in total. The lowest BCUT2D eigenvalue weighted by Crippen LogP contribution is -2.58. The monoisotopic (exact) mass is 593 g/mol. The van der Waals surface area contributed by atoms with E-state index in [0.717, 1.165) is 11.1 Å². The number of nitrogens with zero attached hydrogens (tertiary/aromatic N) is 1. The number of aromatic nitrogens is 2. The molecule has 1 heterocycles. The zero-order valence-corrected chi connectivity index (χ0v) is 23.7. The van der Waals surface area contributed by atoms with Crippen LogP contribution in [0.1, 0.15) is 36.1 Å². The quantitative estimate of drug-likeness (QED) is 0.0995. The van der Waals surface area contributed by atoms with Crippen molar-refractivity contribution in [2.24, 2.45) is 11.5 Å². The minimum Gasteiger partial charge on any atom is -0.508 e. The molecule has 3 aromatic rings. The normalized spacial score (nSPS) is 13.7. The molecule has 4 unspecified atom stereocenters. The first kappa shape index (κ1) is 32.8. The third-order valence-electron chi connectivity index (χ3n) is 6.82. The molecular weight excluding hydrogens is 554 g/mol. The Morgan fingerprint density at radius 3 is 2.00 bits per heavy atom. The van der Waals surface area contributed by atoms with Gasteiger partial charge in [-0.1, -0.05) is 42.5 Å². The lowest BCUT2D eigenvalue weighted by molar-refractivity contribution is -0.142. The van der Waals surface area contributed by atoms with Gasteiger partial charge in [-0.05, 0) is 55.5 Å². The van der Waals surface area contributed by atoms with Crippen LogP contribution in [0.4, 0.5) is 0 Å². The number of unbranched alkanes of at least 4 members (excludes halogenated alkanes) is 1. The molecule has 1 aromatic heterocycles. The molecule has 10 N–H and O–H groups in total. The van der Waals surface area contributed by atoms with Crippen LogP contribution in [0.2, 0.25) is 0 Å². The van der Waals surface area contributed by atoms with Crippen molar-refractivity contribution in [3.8, 4) is 5.75 Å². The number of phenols is 1. The molecular formula is C30H39N7O6. The fourth-order valence-electron chi connectivity index (χ4n) is 4.44. The number of hydrogen-bond donors (Lipinski definition) is 8. The number of hydrogen-bond acceptors (Lipinski definition) is 8. The van der Waals surface area contributed by atoms with Gasteiger partial charge in [-0.3, -0.25) is 14.4 Å². The van der Waals surface area contributed by atoms with E-state index in [1.54, 1.807) is 36.4 Å². The minimum atomic E-state index is -1.20. The Labute approximate surface area is 249 Å². The van der Waals surface area contributed by atoms with Crippen molar-refractivity contribution in [1.29, 1.82) is 0 Å². The zero-order valence-electron chi connectivity index (χ0n) is 23.7. The number of amides is 3. The average molecular weight is 594 g/mol. The largest absolute Gasteiger partial charge is 0.508 e. The van der Waals surface area contributed by atoms with Gasteiger partial charge in [0.05, 0.1) is 12.4 Å². The van der Waals surface area contributed by atoms with Crippen LogP contribution in [0.3, 0.4) is 0 Å². The van der Waals surface area contributed by atoms with Crippen LogP contribution in [0.15, 0.2) is 67.1 Å². The van der Waals surface area contributed by atoms with E-state index in [4.69, 9.17) is 11.5 Å². The van der Waals surface area contributed by atoms with Crippen LogP contribution in [0.5, 0.6) is 5.75 Å². The summed E-state index contributed by atoms with van der Waals surface area (Å²) >= 11 is 0. The molecule has 3 rings (SSSR count). The first-order valence-electron chi connectivity index (χ1n) is 14.0. The summed E-state index contributed by atoms with van der Waals surface area (Å²) in [7, 11) is 0. The maximum absolute atomic E-state index is 13.6. The third-order valence-corrected chi connectivity index (χ3v) is 6.82. The number of phenolic OH excluding ortho intramolecular Hbond substituents is 1. The van der Waals surface area contributed by atoms with Gasteiger partial charge in [0.15, 0.2) is 0 Å². The van der Waals surface area contributed by atoms with Gasteiger partial charge >= 0.3 is 5.97 Å². The van der Waals surface area contributed by atoms with Gasteiger partial charge in [-0.15, -0.1) is 0 Å². The second-order valence-electron chi connectivity index (χ2n) is 10.3. The Balaban J connectivity index is 1.78. The predicted octanol–water partition coefficient (Wildman–Crippen LogP) is 0.139. The number of aliphatic carboxylic acids is 1. The number of rotatable bonds is 17. The summed E-state index contributed by atoms with van der Waals surface area (Å²) in [5.41, 5.74) is 13.7. The number of nitrogens with one attached hydrogen (secondary N) is 4. The molecule has 0 aliphatic carbocycles. The van der Waals surface area contributed by atoms with Crippen LogP contribution < -0.4 is 27.4 Å². The van der Waals surface area contributed by atoms with Gasteiger partial charge in [0.2, 0.25) is 17.7 Å². The number of aromatic amines is 1. The van der Waals surface area contributed by atoms with E-state index in [2.05, 4.69) is 25.9 Å². The Hall–Kier alpha value is -4.75. The molecule has 13 heteroatoms. The van der Waals surface area contributed by atoms with Crippen LogP contribution in [-0.4, -0.2) is 74.6 Å². The molecule has 3 amide bonds. The van der Waals surface area contributed by atoms with Crippen LogP contribution in [0, 0.1) is 0 Å². The smallest absolute Gasteiger partial charge is 0.326 e. The maximum atomic E-state index is 13.6. The van der Waals surface area contributed by atoms with Gasteiger partial charge in [0.25, 0.3) is 0 Å². The van der Waals surface area contributed by atoms with E-state index in [1.165, 1.54) is 24.7 Å². The second-order valence-corrected chi connectivity index (χ2v) is 10.3. The van der Waals surface area contributed by atoms with Crippen LogP contribution in [-0.2, 0) is 38.4 Å². The predicted molar refractivity (Wildman–Crippen MR) is 159 cm³/mol. The topological polar surface area (TPSA) is 226 Å². The van der Waals surface area contributed by atoms with E-state index < -0.39 is 47.9 Å². The molecule has 0 aliphatic rings. The standard InChI is InChI=1S/C30H39N7O6/c31-13-5-4-8-24(30(42)43)35-29(41)26(16-21-17-33-18-34-21)37-28(40)25(15-19-6-2-1-3-7-19)36-27(39)23(32)14-20-9-11-22(38)12-10-20/h1-3,6-7,9-12,17-18,23-26,38H,4-5,8,13-16,31-32H2,(H,33,34)(H,35,41)(H,36,39)(H,37,40)(H,42,43). The first-order valence-corrected chi connectivity index (χ1v) is 14.0. The van der Waals surface area contributed by atoms with Gasteiger partial charge in [0.1, 0.15) is 23.9 Å². The van der Waals surface area contributed by atoms with E-state index in [1.807, 2.05) is 6.07 Å². The number of carboxylic acids is 1. The molecule has 0 fully saturated rings. The number of H-pyrrole nitrogens is 1. The molecule has 0 bridgehead atoms. The van der Waals surface area contributed by atoms with Crippen molar-refractivity contribution in [3.63, 3.8) is 0 Å². The Morgan fingerprint density at radius 1 is 0.791 bits per heavy atom. The zero-order chi connectivity index (χ0) is 31.2. The van der Waals surface area contributed by atoms with Crippen LogP contribution >= 0.6 is 0 Å². The lowest BCUT2D eigenvalue weighted by Gasteiger charge is -2.25. The van der Waals surface area contributed by atoms with Crippen molar-refractivity contribution in [3.05, 3.63) is 83.9 Å². The number of carbonyl (C=O) groups is 4. The van der Waals surface area contributed by atoms with E-state index >= 15 is 0 Å². The SMILES string of the molecule is NCCCCC(NC(=O)C(Cc1cnc[nH]1)NC(=O)C(Cc1ccccc1)NC(=O)C(N)Cc1ccc(O)cc1)C(=O)O. The summed E-state index contributed by atoms with van der Waals surface area (Å²) in [6, 6.07) is 10.9. The highest BCUT2D eigenvalue weighted by Gasteiger charge is 2.31. The summed E-state index contributed by atoms with van der Waals surface area (Å²) in [6.45, 7) is 0.395. The fourth-order valence-corrected chi connectivity index (χ4v) is 4.44. The molecule has 0 saturated heterocycles. The van der Waals surface area contributed by atoms with Crippen LogP contribution in [0.25, 0.3) is 0 Å². The Bertz CT molecular complexity index is 1320. The summed E-state index contributed by atoms with van der Waals surface area (Å²) < 4.78 is 0. The maximum Gasteiger partial charge on any atom is 0.326 e. The summed E-state index contributed by atoms with van der Waals surface area (Å²) in [4.78, 5) is 58.7. The molecule has 0 aliphatic heterocycles. The number of aromatic hydroxyl groups is 1. The van der Waals surface area contributed by atoms with E-state index in [0.29, 0.717) is 25.1 Å². The summed E-state index contributed by atoms with van der Waals surface area (Å²) in [6.07, 6.45) is 4.47. The van der Waals surface area contributed by atoms with Gasteiger partial charge < -0.3 is 42.6 Å². The number of benzene rings is 2. The second kappa shape index (κ2) is 16.6. The van der Waals surface area contributed by atoms with Crippen molar-refractivity contribution in [1.82, 2.24) is 25.9 Å². The lowest BCUT2D eigenvalue weighted by atomic mass is 10.0. The van der Waals surface area contributed by atoms with Crippen molar-refractivity contribution in [2.75, 3.05) is 6.54 Å². The van der Waals surface area contributed by atoms with Crippen molar-refractivity contribution in [2.45, 2.75) is 62.7 Å². The molecule has 230 valence electrons. The molecule has 0 spiro atoms. The number of imidazole rings is 1. The highest BCUT2D eigenvalue weighted by molar-refractivity contribution is 5.94. The van der Waals surface area contributed by atoms with Gasteiger partial charge in [-0.2, -0.15) is 0 Å². The number of carbonyl (C=O) groups excluding carboxylic acids is 3.